The highest BCUT2D eigenvalue weighted by Gasteiger charge is 2.11. The van der Waals surface area contributed by atoms with E-state index in [-0.39, 0.29) is 5.82 Å². The minimum absolute atomic E-state index is 0.175. The van der Waals surface area contributed by atoms with Gasteiger partial charge >= 0.3 is 0 Å². The van der Waals surface area contributed by atoms with Crippen LogP contribution < -0.4 is 4.74 Å². The standard InChI is InChI=1S/C15H16N2O2/c1-10(2)11-4-5-14(19-3)12(8-11)13-6-7-16-15(9-18)17-13/h4-10H,1-3H3. The van der Waals surface area contributed by atoms with Crippen molar-refractivity contribution in [3.8, 4) is 17.0 Å². The first-order valence-electron chi connectivity index (χ1n) is 6.12. The summed E-state index contributed by atoms with van der Waals surface area (Å²) >= 11 is 0. The van der Waals surface area contributed by atoms with E-state index in [0.717, 1.165) is 11.3 Å². The molecule has 0 radical (unpaired) electrons. The average Bonchev–Trinajstić information content (AvgIpc) is 2.46. The van der Waals surface area contributed by atoms with Gasteiger partial charge in [0, 0.05) is 11.8 Å². The molecule has 0 saturated heterocycles. The third-order valence-corrected chi connectivity index (χ3v) is 2.95. The number of methoxy groups -OCH3 is 1. The Morgan fingerprint density at radius 2 is 2.05 bits per heavy atom. The Bertz CT molecular complexity index is 594. The SMILES string of the molecule is COc1ccc(C(C)C)cc1-c1ccnc(C=O)n1. The summed E-state index contributed by atoms with van der Waals surface area (Å²) in [6.07, 6.45) is 2.22. The van der Waals surface area contributed by atoms with Gasteiger partial charge in [-0.2, -0.15) is 0 Å². The number of aldehydes is 1. The van der Waals surface area contributed by atoms with Gasteiger partial charge in [0.05, 0.1) is 12.8 Å². The van der Waals surface area contributed by atoms with E-state index in [1.807, 2.05) is 18.2 Å². The summed E-state index contributed by atoms with van der Waals surface area (Å²) in [6.45, 7) is 4.25. The molecule has 19 heavy (non-hydrogen) atoms. The van der Waals surface area contributed by atoms with Crippen LogP contribution in [-0.4, -0.2) is 23.4 Å². The lowest BCUT2D eigenvalue weighted by atomic mass is 9.99. The molecule has 0 spiro atoms. The summed E-state index contributed by atoms with van der Waals surface area (Å²) in [7, 11) is 1.62. The molecular weight excluding hydrogens is 240 g/mol. The summed E-state index contributed by atoms with van der Waals surface area (Å²) in [5.74, 6) is 1.33. The lowest BCUT2D eigenvalue weighted by Gasteiger charge is -2.12. The lowest BCUT2D eigenvalue weighted by Crippen LogP contribution is -1.97. The number of ether oxygens (including phenoxy) is 1. The Labute approximate surface area is 112 Å². The zero-order valence-electron chi connectivity index (χ0n) is 11.3. The molecule has 4 nitrogen and oxygen atoms in total. The second kappa shape index (κ2) is 5.61. The zero-order valence-corrected chi connectivity index (χ0v) is 11.3. The first kappa shape index (κ1) is 13.2. The van der Waals surface area contributed by atoms with Gasteiger partial charge in [0.2, 0.25) is 0 Å². The van der Waals surface area contributed by atoms with Crippen LogP contribution in [0.3, 0.4) is 0 Å². The molecule has 98 valence electrons. The van der Waals surface area contributed by atoms with Crippen LogP contribution in [0.2, 0.25) is 0 Å². The highest BCUT2D eigenvalue weighted by molar-refractivity contribution is 5.73. The number of nitrogens with zero attached hydrogens (tertiary/aromatic N) is 2. The Kier molecular flexibility index (Phi) is 3.90. The van der Waals surface area contributed by atoms with Crippen LogP contribution in [0.15, 0.2) is 30.5 Å². The number of hydrogen-bond acceptors (Lipinski definition) is 4. The quantitative estimate of drug-likeness (QED) is 0.789. The molecule has 0 fully saturated rings. The Hall–Kier alpha value is -2.23. The van der Waals surface area contributed by atoms with E-state index in [2.05, 4.69) is 23.8 Å². The predicted molar refractivity (Wildman–Crippen MR) is 73.5 cm³/mol. The number of benzene rings is 1. The van der Waals surface area contributed by atoms with Crippen LogP contribution in [0.1, 0.15) is 35.9 Å². The van der Waals surface area contributed by atoms with Crippen LogP contribution in [0, 0.1) is 0 Å². The fourth-order valence-corrected chi connectivity index (χ4v) is 1.87. The second-order valence-corrected chi connectivity index (χ2v) is 4.53. The molecule has 0 atom stereocenters. The van der Waals surface area contributed by atoms with Crippen molar-refractivity contribution >= 4 is 6.29 Å². The molecule has 0 aliphatic heterocycles. The van der Waals surface area contributed by atoms with E-state index in [1.54, 1.807) is 19.4 Å². The maximum atomic E-state index is 10.8. The van der Waals surface area contributed by atoms with Crippen LogP contribution in [-0.2, 0) is 0 Å². The normalized spacial score (nSPS) is 10.5. The minimum atomic E-state index is 0.175. The highest BCUT2D eigenvalue weighted by Crippen LogP contribution is 2.31. The fourth-order valence-electron chi connectivity index (χ4n) is 1.87. The largest absolute Gasteiger partial charge is 0.496 e. The van der Waals surface area contributed by atoms with Gasteiger partial charge < -0.3 is 4.74 Å². The summed E-state index contributed by atoms with van der Waals surface area (Å²) in [4.78, 5) is 18.9. The van der Waals surface area contributed by atoms with Gasteiger partial charge in [-0.1, -0.05) is 19.9 Å². The molecule has 2 aromatic rings. The van der Waals surface area contributed by atoms with Gasteiger partial charge in [-0.05, 0) is 29.7 Å². The van der Waals surface area contributed by atoms with Crippen LogP contribution in [0.5, 0.6) is 5.75 Å². The van der Waals surface area contributed by atoms with Gasteiger partial charge in [-0.15, -0.1) is 0 Å². The Balaban J connectivity index is 2.57. The molecule has 0 aliphatic rings. The van der Waals surface area contributed by atoms with Crippen LogP contribution in [0.4, 0.5) is 0 Å². The number of rotatable bonds is 4. The maximum Gasteiger partial charge on any atom is 0.193 e. The van der Waals surface area contributed by atoms with Crippen molar-refractivity contribution in [2.24, 2.45) is 0 Å². The minimum Gasteiger partial charge on any atom is -0.496 e. The van der Waals surface area contributed by atoms with Crippen LogP contribution in [0.25, 0.3) is 11.3 Å². The van der Waals surface area contributed by atoms with Crippen molar-refractivity contribution in [3.05, 3.63) is 41.9 Å². The van der Waals surface area contributed by atoms with E-state index in [0.29, 0.717) is 17.9 Å². The van der Waals surface area contributed by atoms with Crippen molar-refractivity contribution in [3.63, 3.8) is 0 Å². The third-order valence-electron chi connectivity index (χ3n) is 2.95. The van der Waals surface area contributed by atoms with E-state index < -0.39 is 0 Å². The molecule has 0 aliphatic carbocycles. The summed E-state index contributed by atoms with van der Waals surface area (Å²) < 4.78 is 5.36. The Morgan fingerprint density at radius 1 is 1.26 bits per heavy atom. The summed E-state index contributed by atoms with van der Waals surface area (Å²) in [5, 5.41) is 0. The first-order valence-corrected chi connectivity index (χ1v) is 6.12. The van der Waals surface area contributed by atoms with Crippen molar-refractivity contribution in [1.82, 2.24) is 9.97 Å². The van der Waals surface area contributed by atoms with E-state index in [9.17, 15) is 4.79 Å². The number of hydrogen-bond donors (Lipinski definition) is 0. The average molecular weight is 256 g/mol. The molecule has 0 N–H and O–H groups in total. The number of carbonyl (C=O) groups excluding carboxylic acids is 1. The molecule has 4 heteroatoms. The third kappa shape index (κ3) is 2.78. The number of carbonyl (C=O) groups is 1. The molecule has 0 saturated carbocycles. The van der Waals surface area contributed by atoms with Gasteiger partial charge in [0.15, 0.2) is 12.1 Å². The first-order chi connectivity index (χ1) is 9.15. The maximum absolute atomic E-state index is 10.8. The summed E-state index contributed by atoms with van der Waals surface area (Å²) in [5.41, 5.74) is 2.76. The van der Waals surface area contributed by atoms with Gasteiger partial charge in [0.1, 0.15) is 5.75 Å². The monoisotopic (exact) mass is 256 g/mol. The molecule has 1 aromatic carbocycles. The van der Waals surface area contributed by atoms with Crippen LogP contribution >= 0.6 is 0 Å². The number of aromatic nitrogens is 2. The van der Waals surface area contributed by atoms with Gasteiger partial charge in [-0.3, -0.25) is 4.79 Å². The van der Waals surface area contributed by atoms with Gasteiger partial charge in [-0.25, -0.2) is 9.97 Å². The van der Waals surface area contributed by atoms with Gasteiger partial charge in [0.25, 0.3) is 0 Å². The topological polar surface area (TPSA) is 52.1 Å². The molecule has 0 amide bonds. The molecule has 1 heterocycles. The zero-order chi connectivity index (χ0) is 13.8. The Morgan fingerprint density at radius 3 is 2.68 bits per heavy atom. The molecule has 0 bridgehead atoms. The molecule has 0 unspecified atom stereocenters. The van der Waals surface area contributed by atoms with E-state index in [4.69, 9.17) is 4.74 Å². The smallest absolute Gasteiger partial charge is 0.193 e. The molecule has 1 aromatic heterocycles. The summed E-state index contributed by atoms with van der Waals surface area (Å²) in [6, 6.07) is 7.78. The van der Waals surface area contributed by atoms with E-state index >= 15 is 0 Å². The molecular formula is C15H16N2O2. The highest BCUT2D eigenvalue weighted by atomic mass is 16.5. The molecule has 2 rings (SSSR count). The van der Waals surface area contributed by atoms with Crippen molar-refractivity contribution in [2.45, 2.75) is 19.8 Å². The van der Waals surface area contributed by atoms with Crippen molar-refractivity contribution in [1.29, 1.82) is 0 Å². The second-order valence-electron chi connectivity index (χ2n) is 4.53. The fraction of sp³-hybridized carbons (Fsp3) is 0.267. The lowest BCUT2D eigenvalue weighted by molar-refractivity contribution is 0.111. The predicted octanol–water partition coefficient (Wildman–Crippen LogP) is 3.09. The van der Waals surface area contributed by atoms with Crippen molar-refractivity contribution in [2.75, 3.05) is 7.11 Å². The van der Waals surface area contributed by atoms with Crippen molar-refractivity contribution < 1.29 is 9.53 Å². The van der Waals surface area contributed by atoms with E-state index in [1.165, 1.54) is 5.56 Å².